The largest absolute Gasteiger partial charge is 0.0988 e. The van der Waals surface area contributed by atoms with Crippen LogP contribution >= 0.6 is 0 Å². The van der Waals surface area contributed by atoms with Crippen molar-refractivity contribution in [3.63, 3.8) is 0 Å². The van der Waals surface area contributed by atoms with E-state index in [1.54, 1.807) is 0 Å². The smallest absolute Gasteiger partial charge is 0.00922 e. The second-order valence-electron chi connectivity index (χ2n) is 5.20. The Morgan fingerprint density at radius 2 is 1.81 bits per heavy atom. The lowest BCUT2D eigenvalue weighted by Gasteiger charge is -2.18. The molecule has 0 heterocycles. The van der Waals surface area contributed by atoms with Gasteiger partial charge in [0.05, 0.1) is 0 Å². The molecule has 0 bridgehead atoms. The standard InChI is InChI=1S/C19H22.C2H6/c1-4-15(2)10-12-18-14-19(13-11-16(18)3)17-8-6-5-7-9-17;1-2/h4-10,14H,1,11-13H2,2-3H3;1-2H3/b15-10-;. The fourth-order valence-corrected chi connectivity index (χ4v) is 2.36. The molecule has 0 radical (unpaired) electrons. The van der Waals surface area contributed by atoms with Crippen molar-refractivity contribution >= 4 is 5.57 Å². The van der Waals surface area contributed by atoms with Gasteiger partial charge in [-0.15, -0.1) is 0 Å². The van der Waals surface area contributed by atoms with E-state index in [9.17, 15) is 0 Å². The van der Waals surface area contributed by atoms with Gasteiger partial charge in [0.1, 0.15) is 0 Å². The SMILES string of the molecule is C=C/C(C)=C\CC1=C(C)CCC(c2ccccc2)=C1.CC. The van der Waals surface area contributed by atoms with Crippen molar-refractivity contribution in [2.75, 3.05) is 0 Å². The third-order valence-electron chi connectivity index (χ3n) is 3.78. The highest BCUT2D eigenvalue weighted by Crippen LogP contribution is 2.31. The molecule has 112 valence electrons. The molecule has 0 saturated carbocycles. The number of hydrogen-bond acceptors (Lipinski definition) is 0. The van der Waals surface area contributed by atoms with Crippen molar-refractivity contribution in [2.24, 2.45) is 0 Å². The van der Waals surface area contributed by atoms with Gasteiger partial charge in [0.15, 0.2) is 0 Å². The molecule has 0 amide bonds. The summed E-state index contributed by atoms with van der Waals surface area (Å²) < 4.78 is 0. The van der Waals surface area contributed by atoms with Crippen molar-refractivity contribution in [1.82, 2.24) is 0 Å². The molecular formula is C21H28. The molecule has 0 saturated heterocycles. The van der Waals surface area contributed by atoms with Gasteiger partial charge in [0.2, 0.25) is 0 Å². The van der Waals surface area contributed by atoms with E-state index in [1.807, 2.05) is 19.9 Å². The predicted molar refractivity (Wildman–Crippen MR) is 96.3 cm³/mol. The highest BCUT2D eigenvalue weighted by atomic mass is 14.2. The lowest BCUT2D eigenvalue weighted by molar-refractivity contribution is 0.940. The summed E-state index contributed by atoms with van der Waals surface area (Å²) in [5.41, 5.74) is 7.06. The molecule has 0 aromatic heterocycles. The van der Waals surface area contributed by atoms with E-state index >= 15 is 0 Å². The molecule has 1 aliphatic carbocycles. The van der Waals surface area contributed by atoms with E-state index in [1.165, 1.54) is 34.3 Å². The number of benzene rings is 1. The molecule has 2 rings (SSSR count). The van der Waals surface area contributed by atoms with E-state index < -0.39 is 0 Å². The van der Waals surface area contributed by atoms with E-state index in [2.05, 4.69) is 62.9 Å². The molecule has 0 unspecified atom stereocenters. The molecular weight excluding hydrogens is 252 g/mol. The molecule has 0 nitrogen and oxygen atoms in total. The zero-order chi connectivity index (χ0) is 15.7. The average Bonchev–Trinajstić information content (AvgIpc) is 2.56. The van der Waals surface area contributed by atoms with E-state index in [-0.39, 0.29) is 0 Å². The van der Waals surface area contributed by atoms with Gasteiger partial charge in [0, 0.05) is 0 Å². The van der Waals surface area contributed by atoms with Crippen LogP contribution in [0.4, 0.5) is 0 Å². The van der Waals surface area contributed by atoms with Gasteiger partial charge in [-0.1, -0.05) is 80.1 Å². The molecule has 1 aliphatic rings. The zero-order valence-electron chi connectivity index (χ0n) is 13.9. The lowest BCUT2D eigenvalue weighted by atomic mass is 9.88. The third kappa shape index (κ3) is 5.23. The van der Waals surface area contributed by atoms with Gasteiger partial charge < -0.3 is 0 Å². The van der Waals surface area contributed by atoms with Crippen molar-refractivity contribution in [3.8, 4) is 0 Å². The quantitative estimate of drug-likeness (QED) is 0.536. The average molecular weight is 280 g/mol. The normalized spacial score (nSPS) is 15.0. The van der Waals surface area contributed by atoms with Crippen LogP contribution in [0.25, 0.3) is 5.57 Å². The predicted octanol–water partition coefficient (Wildman–Crippen LogP) is 6.73. The van der Waals surface area contributed by atoms with Crippen LogP contribution in [0, 0.1) is 0 Å². The fraction of sp³-hybridized carbons (Fsp3) is 0.333. The first kappa shape index (κ1) is 17.2. The molecule has 1 aromatic carbocycles. The number of hydrogen-bond donors (Lipinski definition) is 0. The Morgan fingerprint density at radius 3 is 2.43 bits per heavy atom. The third-order valence-corrected chi connectivity index (χ3v) is 3.78. The van der Waals surface area contributed by atoms with E-state index in [4.69, 9.17) is 0 Å². The summed E-state index contributed by atoms with van der Waals surface area (Å²) in [6.45, 7) is 12.2. The Morgan fingerprint density at radius 1 is 1.14 bits per heavy atom. The van der Waals surface area contributed by atoms with Crippen LogP contribution in [0.2, 0.25) is 0 Å². The minimum atomic E-state index is 1.01. The summed E-state index contributed by atoms with van der Waals surface area (Å²) in [6.07, 6.45) is 9.90. The summed E-state index contributed by atoms with van der Waals surface area (Å²) in [5.74, 6) is 0. The summed E-state index contributed by atoms with van der Waals surface area (Å²) in [7, 11) is 0. The monoisotopic (exact) mass is 280 g/mol. The van der Waals surface area contributed by atoms with Gasteiger partial charge in [-0.2, -0.15) is 0 Å². The first-order chi connectivity index (χ1) is 10.2. The highest BCUT2D eigenvalue weighted by molar-refractivity contribution is 5.70. The van der Waals surface area contributed by atoms with Gasteiger partial charge in [0.25, 0.3) is 0 Å². The van der Waals surface area contributed by atoms with Gasteiger partial charge in [-0.05, 0) is 49.8 Å². The fourth-order valence-electron chi connectivity index (χ4n) is 2.36. The second kappa shape index (κ2) is 9.18. The summed E-state index contributed by atoms with van der Waals surface area (Å²) in [5, 5.41) is 0. The summed E-state index contributed by atoms with van der Waals surface area (Å²) in [6, 6.07) is 10.7. The minimum absolute atomic E-state index is 1.01. The lowest BCUT2D eigenvalue weighted by Crippen LogP contribution is -1.97. The van der Waals surface area contributed by atoms with E-state index in [0.29, 0.717) is 0 Å². The van der Waals surface area contributed by atoms with Crippen molar-refractivity contribution in [1.29, 1.82) is 0 Å². The first-order valence-corrected chi connectivity index (χ1v) is 7.94. The van der Waals surface area contributed by atoms with Gasteiger partial charge in [-0.3, -0.25) is 0 Å². The van der Waals surface area contributed by atoms with Gasteiger partial charge >= 0.3 is 0 Å². The van der Waals surface area contributed by atoms with Crippen LogP contribution in [0.3, 0.4) is 0 Å². The van der Waals surface area contributed by atoms with Crippen LogP contribution < -0.4 is 0 Å². The topological polar surface area (TPSA) is 0 Å². The highest BCUT2D eigenvalue weighted by Gasteiger charge is 2.10. The Hall–Kier alpha value is -1.82. The molecule has 0 aliphatic heterocycles. The maximum Gasteiger partial charge on any atom is -0.00922 e. The minimum Gasteiger partial charge on any atom is -0.0988 e. The molecule has 0 fully saturated rings. The molecule has 1 aromatic rings. The van der Waals surface area contributed by atoms with Crippen molar-refractivity contribution < 1.29 is 0 Å². The Kier molecular flexibility index (Phi) is 7.53. The van der Waals surface area contributed by atoms with Crippen LogP contribution in [-0.4, -0.2) is 0 Å². The Labute approximate surface area is 130 Å². The Balaban J connectivity index is 0.00000106. The molecule has 21 heavy (non-hydrogen) atoms. The molecule has 0 N–H and O–H groups in total. The Bertz CT molecular complexity index is 539. The van der Waals surface area contributed by atoms with Crippen molar-refractivity contribution in [2.45, 2.75) is 47.0 Å². The van der Waals surface area contributed by atoms with Crippen LogP contribution in [-0.2, 0) is 0 Å². The number of allylic oxidation sites excluding steroid dienone is 7. The summed E-state index contributed by atoms with van der Waals surface area (Å²) >= 11 is 0. The number of rotatable bonds is 4. The van der Waals surface area contributed by atoms with Gasteiger partial charge in [-0.25, -0.2) is 0 Å². The summed E-state index contributed by atoms with van der Waals surface area (Å²) in [4.78, 5) is 0. The maximum absolute atomic E-state index is 3.81. The van der Waals surface area contributed by atoms with E-state index in [0.717, 1.165) is 12.8 Å². The van der Waals surface area contributed by atoms with Crippen LogP contribution in [0.1, 0.15) is 52.5 Å². The maximum atomic E-state index is 3.81. The van der Waals surface area contributed by atoms with Crippen LogP contribution in [0.5, 0.6) is 0 Å². The van der Waals surface area contributed by atoms with Crippen molar-refractivity contribution in [3.05, 3.63) is 77.4 Å². The van der Waals surface area contributed by atoms with Crippen LogP contribution in [0.15, 0.2) is 71.9 Å². The molecule has 0 heteroatoms. The molecule has 0 atom stereocenters. The molecule has 0 spiro atoms. The zero-order valence-corrected chi connectivity index (χ0v) is 13.9. The first-order valence-electron chi connectivity index (χ1n) is 7.94. The second-order valence-corrected chi connectivity index (χ2v) is 5.20.